The first-order valence-electron chi connectivity index (χ1n) is 10.9. The molecule has 1 amide bonds. The number of likely N-dealkylation sites (tertiary alicyclic amines) is 1. The molecule has 10 heteroatoms. The van der Waals surface area contributed by atoms with E-state index in [4.69, 9.17) is 4.74 Å². The molecule has 33 heavy (non-hydrogen) atoms. The fraction of sp³-hybridized carbons (Fsp3) is 0.391. The van der Waals surface area contributed by atoms with E-state index < -0.39 is 0 Å². The monoisotopic (exact) mass is 463 g/mol. The van der Waals surface area contributed by atoms with Gasteiger partial charge < -0.3 is 9.64 Å². The van der Waals surface area contributed by atoms with E-state index in [2.05, 4.69) is 27.2 Å². The Labute approximate surface area is 196 Å². The molecule has 2 saturated heterocycles. The van der Waals surface area contributed by atoms with Crippen molar-refractivity contribution < 1.29 is 9.53 Å². The minimum atomic E-state index is 0.110. The van der Waals surface area contributed by atoms with E-state index in [1.54, 1.807) is 35.2 Å². The Hall–Kier alpha value is -3.29. The summed E-state index contributed by atoms with van der Waals surface area (Å²) in [5, 5.41) is 20.0. The first-order valence-corrected chi connectivity index (χ1v) is 11.8. The van der Waals surface area contributed by atoms with Crippen molar-refractivity contribution in [1.82, 2.24) is 28.6 Å². The lowest BCUT2D eigenvalue weighted by molar-refractivity contribution is -0.140. The van der Waals surface area contributed by atoms with Crippen molar-refractivity contribution in [2.45, 2.75) is 18.9 Å². The number of nitrogens with zero attached hydrogens (tertiary/aromatic N) is 7. The minimum Gasteiger partial charge on any atom is -0.494 e. The van der Waals surface area contributed by atoms with Crippen LogP contribution >= 0.6 is 11.9 Å². The predicted molar refractivity (Wildman–Crippen MR) is 125 cm³/mol. The fourth-order valence-electron chi connectivity index (χ4n) is 4.56. The van der Waals surface area contributed by atoms with Gasteiger partial charge in [0, 0.05) is 49.7 Å². The molecule has 2 aliphatic rings. The Balaban J connectivity index is 1.25. The summed E-state index contributed by atoms with van der Waals surface area (Å²) < 4.78 is 11.3. The van der Waals surface area contributed by atoms with E-state index in [0.717, 1.165) is 50.1 Å². The van der Waals surface area contributed by atoms with Crippen LogP contribution in [0.3, 0.4) is 0 Å². The van der Waals surface area contributed by atoms with E-state index in [0.29, 0.717) is 16.8 Å². The van der Waals surface area contributed by atoms with E-state index in [9.17, 15) is 10.1 Å². The summed E-state index contributed by atoms with van der Waals surface area (Å²) in [6.07, 6.45) is 9.07. The standard InChI is InChI=1S/C23H25N7O2S/c1-3-33-28-12-19(13-28)23(31)27-6-4-20(5-7-27)29-15-18(11-25-29)16-8-21(32-2)22-17(9-24)10-26-30(22)14-16/h3,8,10-11,14-15,19-20H,1,4-7,12-13H2,2H3. The van der Waals surface area contributed by atoms with Gasteiger partial charge in [-0.3, -0.25) is 9.48 Å². The first-order chi connectivity index (χ1) is 16.1. The lowest BCUT2D eigenvalue weighted by atomic mass is 9.98. The van der Waals surface area contributed by atoms with Crippen LogP contribution in [-0.4, -0.2) is 67.8 Å². The van der Waals surface area contributed by atoms with Gasteiger partial charge in [-0.15, -0.1) is 0 Å². The number of methoxy groups -OCH3 is 1. The zero-order chi connectivity index (χ0) is 22.9. The number of aromatic nitrogens is 4. The van der Waals surface area contributed by atoms with Crippen LogP contribution in [0.1, 0.15) is 24.4 Å². The zero-order valence-electron chi connectivity index (χ0n) is 18.4. The second kappa shape index (κ2) is 8.92. The van der Waals surface area contributed by atoms with E-state index in [-0.39, 0.29) is 17.9 Å². The maximum atomic E-state index is 12.8. The molecule has 0 atom stereocenters. The summed E-state index contributed by atoms with van der Waals surface area (Å²) in [6, 6.07) is 4.32. The molecule has 5 rings (SSSR count). The molecule has 0 aliphatic carbocycles. The highest BCUT2D eigenvalue weighted by atomic mass is 32.2. The summed E-state index contributed by atoms with van der Waals surface area (Å²) in [4.78, 5) is 14.8. The molecule has 3 aromatic heterocycles. The normalized spacial score (nSPS) is 17.6. The van der Waals surface area contributed by atoms with Crippen molar-refractivity contribution in [1.29, 1.82) is 5.26 Å². The number of ether oxygens (including phenoxy) is 1. The van der Waals surface area contributed by atoms with Gasteiger partial charge >= 0.3 is 0 Å². The minimum absolute atomic E-state index is 0.110. The lowest BCUT2D eigenvalue weighted by Gasteiger charge is -2.41. The van der Waals surface area contributed by atoms with Crippen LogP contribution in [-0.2, 0) is 4.79 Å². The smallest absolute Gasteiger partial charge is 0.228 e. The molecule has 0 radical (unpaired) electrons. The largest absolute Gasteiger partial charge is 0.494 e. The van der Waals surface area contributed by atoms with Crippen molar-refractivity contribution in [3.8, 4) is 22.9 Å². The maximum Gasteiger partial charge on any atom is 0.228 e. The summed E-state index contributed by atoms with van der Waals surface area (Å²) in [7, 11) is 1.59. The number of hydrogen-bond acceptors (Lipinski definition) is 7. The predicted octanol–water partition coefficient (Wildman–Crippen LogP) is 2.97. The Kier molecular flexibility index (Phi) is 5.83. The molecule has 3 aromatic rings. The number of pyridine rings is 1. The molecule has 2 aliphatic heterocycles. The summed E-state index contributed by atoms with van der Waals surface area (Å²) in [5.41, 5.74) is 3.00. The number of carbonyl (C=O) groups is 1. The van der Waals surface area contributed by atoms with Crippen molar-refractivity contribution in [3.05, 3.63) is 48.4 Å². The molecule has 9 nitrogen and oxygen atoms in total. The van der Waals surface area contributed by atoms with Crippen LogP contribution in [0, 0.1) is 17.2 Å². The number of amides is 1. The molecule has 170 valence electrons. The molecule has 2 fully saturated rings. The van der Waals surface area contributed by atoms with Crippen LogP contribution in [0.15, 0.2) is 42.8 Å². The summed E-state index contributed by atoms with van der Waals surface area (Å²) in [6.45, 7) is 6.84. The zero-order valence-corrected chi connectivity index (χ0v) is 19.2. The van der Waals surface area contributed by atoms with Crippen LogP contribution in [0.4, 0.5) is 0 Å². The van der Waals surface area contributed by atoms with Gasteiger partial charge in [0.2, 0.25) is 5.91 Å². The number of rotatable bonds is 6. The summed E-state index contributed by atoms with van der Waals surface area (Å²) in [5.74, 6) is 0.980. The second-order valence-electron chi connectivity index (χ2n) is 8.34. The fourth-order valence-corrected chi connectivity index (χ4v) is 5.30. The molecular formula is C23H25N7O2S. The molecule has 0 aromatic carbocycles. The highest BCUT2D eigenvalue weighted by Crippen LogP contribution is 2.32. The molecule has 0 saturated carbocycles. The Morgan fingerprint density at radius 1 is 1.24 bits per heavy atom. The van der Waals surface area contributed by atoms with Crippen molar-refractivity contribution in [2.24, 2.45) is 5.92 Å². The average Bonchev–Trinajstić information content (AvgIpc) is 3.47. The van der Waals surface area contributed by atoms with Gasteiger partial charge in [0.1, 0.15) is 22.9 Å². The maximum absolute atomic E-state index is 12.8. The van der Waals surface area contributed by atoms with Gasteiger partial charge in [-0.1, -0.05) is 18.5 Å². The number of piperidine rings is 1. The number of hydrogen-bond donors (Lipinski definition) is 0. The lowest BCUT2D eigenvalue weighted by Crippen LogP contribution is -2.53. The van der Waals surface area contributed by atoms with Crippen LogP contribution < -0.4 is 4.74 Å². The first kappa shape index (κ1) is 21.6. The Bertz CT molecular complexity index is 1230. The van der Waals surface area contributed by atoms with Gasteiger partial charge in [0.25, 0.3) is 0 Å². The van der Waals surface area contributed by atoms with Crippen molar-refractivity contribution in [2.75, 3.05) is 33.3 Å². The SMILES string of the molecule is C=CSN1CC(C(=O)N2CCC(n3cc(-c4cc(OC)c5c(C#N)cnn5c4)cn3)CC2)C1. The van der Waals surface area contributed by atoms with Gasteiger partial charge in [0.15, 0.2) is 0 Å². The van der Waals surface area contributed by atoms with Crippen molar-refractivity contribution >= 4 is 23.4 Å². The van der Waals surface area contributed by atoms with Crippen LogP contribution in [0.2, 0.25) is 0 Å². The number of carbonyl (C=O) groups excluding carboxylic acids is 1. The topological polar surface area (TPSA) is 91.7 Å². The van der Waals surface area contributed by atoms with E-state index in [1.165, 1.54) is 0 Å². The molecular weight excluding hydrogens is 438 g/mol. The van der Waals surface area contributed by atoms with Gasteiger partial charge in [-0.25, -0.2) is 8.82 Å². The molecule has 5 heterocycles. The van der Waals surface area contributed by atoms with Crippen molar-refractivity contribution in [3.63, 3.8) is 0 Å². The van der Waals surface area contributed by atoms with Crippen LogP contribution in [0.25, 0.3) is 16.6 Å². The molecule has 0 unspecified atom stereocenters. The third kappa shape index (κ3) is 3.98. The average molecular weight is 464 g/mol. The molecule has 0 bridgehead atoms. The number of nitriles is 1. The molecule has 0 spiro atoms. The van der Waals surface area contributed by atoms with E-state index >= 15 is 0 Å². The van der Waals surface area contributed by atoms with Gasteiger partial charge in [-0.05, 0) is 24.3 Å². The highest BCUT2D eigenvalue weighted by Gasteiger charge is 2.36. The highest BCUT2D eigenvalue weighted by molar-refractivity contribution is 7.99. The summed E-state index contributed by atoms with van der Waals surface area (Å²) >= 11 is 1.58. The third-order valence-corrected chi connectivity index (χ3v) is 7.17. The molecule has 0 N–H and O–H groups in total. The van der Waals surface area contributed by atoms with Crippen LogP contribution in [0.5, 0.6) is 5.75 Å². The second-order valence-corrected chi connectivity index (χ2v) is 9.40. The van der Waals surface area contributed by atoms with Gasteiger partial charge in [-0.2, -0.15) is 15.5 Å². The Morgan fingerprint density at radius 2 is 2.03 bits per heavy atom. The number of fused-ring (bicyclic) bond motifs is 1. The van der Waals surface area contributed by atoms with Gasteiger partial charge in [0.05, 0.1) is 31.5 Å². The van der Waals surface area contributed by atoms with E-state index in [1.807, 2.05) is 34.2 Å². The Morgan fingerprint density at radius 3 is 2.73 bits per heavy atom. The quantitative estimate of drug-likeness (QED) is 0.519. The third-order valence-electron chi connectivity index (χ3n) is 6.42.